The zero-order valence-electron chi connectivity index (χ0n) is 10.8. The van der Waals surface area contributed by atoms with Crippen LogP contribution in [0.4, 0.5) is 5.69 Å². The fourth-order valence-electron chi connectivity index (χ4n) is 2.32. The van der Waals surface area contributed by atoms with Crippen molar-refractivity contribution in [2.24, 2.45) is 5.92 Å². The van der Waals surface area contributed by atoms with Crippen LogP contribution in [0.2, 0.25) is 0 Å². The first-order valence-corrected chi connectivity index (χ1v) is 6.28. The third kappa shape index (κ3) is 2.58. The Bertz CT molecular complexity index is 437. The Kier molecular flexibility index (Phi) is 3.75. The van der Waals surface area contributed by atoms with Crippen molar-refractivity contribution in [3.05, 3.63) is 23.8 Å². The molecule has 1 fully saturated rings. The fraction of sp³-hybridized carbons (Fsp3) is 0.500. The number of aromatic carboxylic acids is 1. The number of piperidine rings is 1. The zero-order chi connectivity index (χ0) is 13.1. The smallest absolute Gasteiger partial charge is 0.335 e. The number of nitrogens with zero attached hydrogens (tertiary/aromatic N) is 1. The van der Waals surface area contributed by atoms with Gasteiger partial charge in [0.15, 0.2) is 0 Å². The summed E-state index contributed by atoms with van der Waals surface area (Å²) < 4.78 is 5.31. The summed E-state index contributed by atoms with van der Waals surface area (Å²) in [4.78, 5) is 13.2. The lowest BCUT2D eigenvalue weighted by Crippen LogP contribution is -2.33. The second-order valence-corrected chi connectivity index (χ2v) is 4.86. The standard InChI is InChI=1S/C14H19NO3/c1-10-5-7-15(8-6-10)12-4-3-11(14(16)17)9-13(12)18-2/h3-4,9-10H,5-8H2,1-2H3,(H,16,17). The monoisotopic (exact) mass is 249 g/mol. The van der Waals surface area contributed by atoms with Gasteiger partial charge in [-0.15, -0.1) is 0 Å². The van der Waals surface area contributed by atoms with Crippen LogP contribution in [0.15, 0.2) is 18.2 Å². The number of carbonyl (C=O) groups is 1. The highest BCUT2D eigenvalue weighted by molar-refractivity contribution is 5.89. The summed E-state index contributed by atoms with van der Waals surface area (Å²) in [6.07, 6.45) is 2.34. The van der Waals surface area contributed by atoms with Crippen molar-refractivity contribution in [1.82, 2.24) is 0 Å². The Morgan fingerprint density at radius 2 is 2.06 bits per heavy atom. The maximum atomic E-state index is 10.9. The molecule has 1 heterocycles. The molecule has 4 nitrogen and oxygen atoms in total. The number of anilines is 1. The molecule has 0 amide bonds. The van der Waals surface area contributed by atoms with Crippen molar-refractivity contribution in [1.29, 1.82) is 0 Å². The second kappa shape index (κ2) is 5.29. The summed E-state index contributed by atoms with van der Waals surface area (Å²) in [5.41, 5.74) is 1.26. The second-order valence-electron chi connectivity index (χ2n) is 4.86. The molecule has 0 unspecified atom stereocenters. The SMILES string of the molecule is COc1cc(C(=O)O)ccc1N1CCC(C)CC1. The van der Waals surface area contributed by atoms with E-state index in [1.165, 1.54) is 12.8 Å². The average Bonchev–Trinajstić information content (AvgIpc) is 2.39. The van der Waals surface area contributed by atoms with Crippen LogP contribution in [0.25, 0.3) is 0 Å². The third-order valence-electron chi connectivity index (χ3n) is 3.55. The highest BCUT2D eigenvalue weighted by atomic mass is 16.5. The van der Waals surface area contributed by atoms with E-state index >= 15 is 0 Å². The predicted octanol–water partition coefficient (Wildman–Crippen LogP) is 2.63. The van der Waals surface area contributed by atoms with E-state index in [2.05, 4.69) is 11.8 Å². The minimum Gasteiger partial charge on any atom is -0.495 e. The molecular weight excluding hydrogens is 230 g/mol. The Labute approximate surface area is 107 Å². The Morgan fingerprint density at radius 3 is 2.61 bits per heavy atom. The predicted molar refractivity (Wildman–Crippen MR) is 70.6 cm³/mol. The molecule has 1 N–H and O–H groups in total. The number of rotatable bonds is 3. The van der Waals surface area contributed by atoms with Crippen LogP contribution in [0, 0.1) is 5.92 Å². The summed E-state index contributed by atoms with van der Waals surface area (Å²) >= 11 is 0. The molecule has 98 valence electrons. The van der Waals surface area contributed by atoms with Crippen LogP contribution in [-0.2, 0) is 0 Å². The lowest BCUT2D eigenvalue weighted by Gasteiger charge is -2.33. The highest BCUT2D eigenvalue weighted by Crippen LogP contribution is 2.32. The lowest BCUT2D eigenvalue weighted by atomic mass is 9.98. The van der Waals surface area contributed by atoms with Gasteiger partial charge in [0, 0.05) is 13.1 Å². The van der Waals surface area contributed by atoms with Crippen LogP contribution >= 0.6 is 0 Å². The molecule has 0 radical (unpaired) electrons. The van der Waals surface area contributed by atoms with E-state index in [0.717, 1.165) is 24.7 Å². The molecule has 1 aromatic rings. The van der Waals surface area contributed by atoms with E-state index in [0.29, 0.717) is 5.75 Å². The number of hydrogen-bond acceptors (Lipinski definition) is 3. The Balaban J connectivity index is 2.24. The van der Waals surface area contributed by atoms with Crippen LogP contribution < -0.4 is 9.64 Å². The van der Waals surface area contributed by atoms with Crippen LogP contribution in [-0.4, -0.2) is 31.3 Å². The molecule has 2 rings (SSSR count). The van der Waals surface area contributed by atoms with Crippen molar-refractivity contribution in [3.63, 3.8) is 0 Å². The number of benzene rings is 1. The highest BCUT2D eigenvalue weighted by Gasteiger charge is 2.19. The van der Waals surface area contributed by atoms with Gasteiger partial charge in [-0.3, -0.25) is 0 Å². The summed E-state index contributed by atoms with van der Waals surface area (Å²) in [6, 6.07) is 5.08. The van der Waals surface area contributed by atoms with Crippen molar-refractivity contribution in [3.8, 4) is 5.75 Å². The maximum Gasteiger partial charge on any atom is 0.335 e. The molecule has 1 saturated heterocycles. The van der Waals surface area contributed by atoms with Gasteiger partial charge in [0.25, 0.3) is 0 Å². The molecule has 0 bridgehead atoms. The third-order valence-corrected chi connectivity index (χ3v) is 3.55. The molecule has 4 heteroatoms. The molecular formula is C14H19NO3. The van der Waals surface area contributed by atoms with E-state index in [4.69, 9.17) is 9.84 Å². The molecule has 1 aliphatic heterocycles. The van der Waals surface area contributed by atoms with Gasteiger partial charge in [0.1, 0.15) is 5.75 Å². The van der Waals surface area contributed by atoms with Crippen molar-refractivity contribution in [2.75, 3.05) is 25.1 Å². The Hall–Kier alpha value is -1.71. The first-order valence-electron chi connectivity index (χ1n) is 6.28. The van der Waals surface area contributed by atoms with E-state index in [9.17, 15) is 4.79 Å². The molecule has 18 heavy (non-hydrogen) atoms. The average molecular weight is 249 g/mol. The number of carboxylic acids is 1. The lowest BCUT2D eigenvalue weighted by molar-refractivity contribution is 0.0696. The van der Waals surface area contributed by atoms with Gasteiger partial charge in [0.05, 0.1) is 18.4 Å². The van der Waals surface area contributed by atoms with Crippen molar-refractivity contribution in [2.45, 2.75) is 19.8 Å². The van der Waals surface area contributed by atoms with Crippen LogP contribution in [0.3, 0.4) is 0 Å². The molecule has 1 aliphatic rings. The van der Waals surface area contributed by atoms with Gasteiger partial charge in [-0.2, -0.15) is 0 Å². The van der Waals surface area contributed by atoms with E-state index in [1.54, 1.807) is 19.2 Å². The van der Waals surface area contributed by atoms with Crippen LogP contribution in [0.1, 0.15) is 30.1 Å². The van der Waals surface area contributed by atoms with Gasteiger partial charge in [0.2, 0.25) is 0 Å². The molecule has 1 aromatic carbocycles. The minimum atomic E-state index is -0.924. The topological polar surface area (TPSA) is 49.8 Å². The molecule has 0 atom stereocenters. The molecule has 0 aromatic heterocycles. The van der Waals surface area contributed by atoms with Gasteiger partial charge < -0.3 is 14.7 Å². The number of hydrogen-bond donors (Lipinski definition) is 1. The maximum absolute atomic E-state index is 10.9. The van der Waals surface area contributed by atoms with Gasteiger partial charge in [-0.1, -0.05) is 6.92 Å². The zero-order valence-corrected chi connectivity index (χ0v) is 10.8. The van der Waals surface area contributed by atoms with Crippen molar-refractivity contribution < 1.29 is 14.6 Å². The number of methoxy groups -OCH3 is 1. The number of ether oxygens (including phenoxy) is 1. The largest absolute Gasteiger partial charge is 0.495 e. The molecule has 0 saturated carbocycles. The van der Waals surface area contributed by atoms with Gasteiger partial charge in [-0.05, 0) is 37.0 Å². The molecule has 0 aliphatic carbocycles. The van der Waals surface area contributed by atoms with E-state index in [1.807, 2.05) is 6.07 Å². The van der Waals surface area contributed by atoms with E-state index < -0.39 is 5.97 Å². The van der Waals surface area contributed by atoms with Crippen LogP contribution in [0.5, 0.6) is 5.75 Å². The summed E-state index contributed by atoms with van der Waals surface area (Å²) in [7, 11) is 1.58. The quantitative estimate of drug-likeness (QED) is 0.894. The number of carboxylic acid groups (broad SMARTS) is 1. The van der Waals surface area contributed by atoms with Gasteiger partial charge >= 0.3 is 5.97 Å². The first-order chi connectivity index (χ1) is 8.61. The van der Waals surface area contributed by atoms with Gasteiger partial charge in [-0.25, -0.2) is 4.79 Å². The van der Waals surface area contributed by atoms with Crippen molar-refractivity contribution >= 4 is 11.7 Å². The Morgan fingerprint density at radius 1 is 1.39 bits per heavy atom. The first kappa shape index (κ1) is 12.7. The normalized spacial score (nSPS) is 16.7. The van der Waals surface area contributed by atoms with E-state index in [-0.39, 0.29) is 5.56 Å². The summed E-state index contributed by atoms with van der Waals surface area (Å²) in [5, 5.41) is 8.97. The summed E-state index contributed by atoms with van der Waals surface area (Å²) in [5.74, 6) is 0.488. The fourth-order valence-corrected chi connectivity index (χ4v) is 2.32. The summed E-state index contributed by atoms with van der Waals surface area (Å²) in [6.45, 7) is 4.27. The minimum absolute atomic E-state index is 0.265. The molecule has 0 spiro atoms.